The van der Waals surface area contributed by atoms with Crippen molar-refractivity contribution in [1.82, 2.24) is 9.58 Å². The second-order valence-electron chi connectivity index (χ2n) is 7.83. The molecule has 5 rings (SSSR count). The Balaban J connectivity index is 1.80. The molecular weight excluding hydrogens is 414 g/mol. The van der Waals surface area contributed by atoms with E-state index in [0.29, 0.717) is 54.7 Å². The van der Waals surface area contributed by atoms with E-state index in [1.54, 1.807) is 15.6 Å². The molecule has 3 aromatic rings. The number of hydrogen-bond acceptors (Lipinski definition) is 4. The first-order valence-electron chi connectivity index (χ1n) is 10.3. The maximum atomic E-state index is 13.7. The molecule has 6 nitrogen and oxygen atoms in total. The number of nitrogens with zero attached hydrogens (tertiary/aromatic N) is 3. The van der Waals surface area contributed by atoms with Crippen LogP contribution in [0.3, 0.4) is 0 Å². The minimum atomic E-state index is -0.159. The van der Waals surface area contributed by atoms with Crippen molar-refractivity contribution in [3.8, 4) is 22.4 Å². The Morgan fingerprint density at radius 1 is 1.00 bits per heavy atom. The number of rotatable bonds is 2. The molecule has 1 aromatic heterocycles. The number of ether oxygens (including phenoxy) is 1. The van der Waals surface area contributed by atoms with Crippen LogP contribution in [0.1, 0.15) is 15.9 Å². The quantitative estimate of drug-likeness (QED) is 0.619. The van der Waals surface area contributed by atoms with E-state index in [4.69, 9.17) is 16.3 Å². The molecule has 7 heteroatoms. The normalized spacial score (nSPS) is 15.4. The Morgan fingerprint density at radius 2 is 1.74 bits per heavy atom. The number of aromatic nitrogens is 1. The highest BCUT2D eigenvalue weighted by Gasteiger charge is 2.31. The zero-order valence-electron chi connectivity index (χ0n) is 17.2. The van der Waals surface area contributed by atoms with Crippen LogP contribution in [0.25, 0.3) is 22.4 Å². The van der Waals surface area contributed by atoms with Crippen LogP contribution < -0.4 is 10.6 Å². The monoisotopic (exact) mass is 435 g/mol. The molecule has 1 fully saturated rings. The zero-order chi connectivity index (χ0) is 21.5. The van der Waals surface area contributed by atoms with Crippen LogP contribution in [-0.4, -0.2) is 48.8 Å². The summed E-state index contributed by atoms with van der Waals surface area (Å²) in [4.78, 5) is 29.1. The van der Waals surface area contributed by atoms with Crippen LogP contribution in [-0.2, 0) is 11.3 Å². The summed E-state index contributed by atoms with van der Waals surface area (Å²) in [6, 6.07) is 16.8. The van der Waals surface area contributed by atoms with Crippen molar-refractivity contribution >= 4 is 17.5 Å². The first-order chi connectivity index (χ1) is 15.0. The first-order valence-corrected chi connectivity index (χ1v) is 10.6. The largest absolute Gasteiger partial charge is 0.378 e. The van der Waals surface area contributed by atoms with Gasteiger partial charge in [0.05, 0.1) is 31.0 Å². The van der Waals surface area contributed by atoms with Gasteiger partial charge in [0.2, 0.25) is 0 Å². The van der Waals surface area contributed by atoms with Crippen LogP contribution in [0.15, 0.2) is 59.4 Å². The van der Waals surface area contributed by atoms with Gasteiger partial charge in [0.25, 0.3) is 11.5 Å². The lowest BCUT2D eigenvalue weighted by Crippen LogP contribution is -2.46. The summed E-state index contributed by atoms with van der Waals surface area (Å²) >= 11 is 6.31. The Kier molecular flexibility index (Phi) is 5.04. The number of fused-ring (bicyclic) bond motifs is 3. The molecule has 0 radical (unpaired) electrons. The summed E-state index contributed by atoms with van der Waals surface area (Å²) in [6.45, 7) is 2.61. The molecule has 3 heterocycles. The summed E-state index contributed by atoms with van der Waals surface area (Å²) < 4.78 is 7.04. The average Bonchev–Trinajstić information content (AvgIpc) is 2.80. The van der Waals surface area contributed by atoms with Gasteiger partial charge in [-0.05, 0) is 29.3 Å². The predicted octanol–water partition coefficient (Wildman–Crippen LogP) is 3.39. The molecule has 1 amide bonds. The molecule has 31 heavy (non-hydrogen) atoms. The molecule has 158 valence electrons. The highest BCUT2D eigenvalue weighted by molar-refractivity contribution is 6.31. The molecule has 0 aliphatic carbocycles. The molecule has 1 saturated heterocycles. The summed E-state index contributed by atoms with van der Waals surface area (Å²) in [7, 11) is 1.86. The number of carbonyl (C=O) groups is 1. The first kappa shape index (κ1) is 19.8. The number of carbonyl (C=O) groups excluding carboxylic acids is 1. The third kappa shape index (κ3) is 3.42. The summed E-state index contributed by atoms with van der Waals surface area (Å²) in [5.41, 5.74) is 4.05. The number of morpholine rings is 1. The summed E-state index contributed by atoms with van der Waals surface area (Å²) in [5.74, 6) is -0.106. The minimum Gasteiger partial charge on any atom is -0.378 e. The lowest BCUT2D eigenvalue weighted by molar-refractivity contribution is 0.0303. The molecule has 2 aliphatic heterocycles. The molecule has 2 aromatic carbocycles. The summed E-state index contributed by atoms with van der Waals surface area (Å²) in [6.07, 6.45) is 0. The molecule has 0 bridgehead atoms. The topological polar surface area (TPSA) is 54.8 Å². The lowest BCUT2D eigenvalue weighted by Gasteiger charge is -2.34. The Morgan fingerprint density at radius 3 is 2.48 bits per heavy atom. The minimum absolute atomic E-state index is 0.106. The van der Waals surface area contributed by atoms with E-state index in [1.165, 1.54) is 0 Å². The van der Waals surface area contributed by atoms with Crippen molar-refractivity contribution < 1.29 is 9.53 Å². The third-order valence-electron chi connectivity index (χ3n) is 5.86. The van der Waals surface area contributed by atoms with Crippen molar-refractivity contribution in [2.45, 2.75) is 6.54 Å². The third-order valence-corrected chi connectivity index (χ3v) is 6.09. The van der Waals surface area contributed by atoms with E-state index in [9.17, 15) is 9.59 Å². The number of pyridine rings is 1. The van der Waals surface area contributed by atoms with Gasteiger partial charge in [-0.3, -0.25) is 9.59 Å². The van der Waals surface area contributed by atoms with Crippen molar-refractivity contribution in [3.05, 3.63) is 81.1 Å². The van der Waals surface area contributed by atoms with Crippen molar-refractivity contribution in [1.29, 1.82) is 0 Å². The van der Waals surface area contributed by atoms with Gasteiger partial charge in [-0.2, -0.15) is 0 Å². The summed E-state index contributed by atoms with van der Waals surface area (Å²) in [5, 5.41) is 2.43. The molecule has 0 N–H and O–H groups in total. The fourth-order valence-electron chi connectivity index (χ4n) is 4.34. The molecule has 0 spiro atoms. The van der Waals surface area contributed by atoms with Crippen molar-refractivity contribution in [2.24, 2.45) is 0 Å². The Labute approximate surface area is 185 Å². The van der Waals surface area contributed by atoms with Crippen LogP contribution in [0.2, 0.25) is 5.02 Å². The van der Waals surface area contributed by atoms with Crippen LogP contribution in [0, 0.1) is 0 Å². The van der Waals surface area contributed by atoms with E-state index in [1.807, 2.05) is 60.6 Å². The van der Waals surface area contributed by atoms with Gasteiger partial charge >= 0.3 is 0 Å². The maximum absolute atomic E-state index is 13.7. The second kappa shape index (κ2) is 7.87. The molecule has 0 atom stereocenters. The van der Waals surface area contributed by atoms with Crippen molar-refractivity contribution in [2.75, 3.05) is 38.4 Å². The van der Waals surface area contributed by atoms with E-state index in [2.05, 4.69) is 0 Å². The van der Waals surface area contributed by atoms with Gasteiger partial charge < -0.3 is 14.6 Å². The molecule has 2 aliphatic rings. The number of amides is 1. The van der Waals surface area contributed by atoms with Gasteiger partial charge in [0, 0.05) is 36.3 Å². The fourth-order valence-corrected chi connectivity index (χ4v) is 4.51. The highest BCUT2D eigenvalue weighted by atomic mass is 35.5. The van der Waals surface area contributed by atoms with E-state index in [-0.39, 0.29) is 11.5 Å². The highest BCUT2D eigenvalue weighted by Crippen LogP contribution is 2.35. The van der Waals surface area contributed by atoms with Gasteiger partial charge in [0.1, 0.15) is 0 Å². The zero-order valence-corrected chi connectivity index (χ0v) is 17.9. The van der Waals surface area contributed by atoms with E-state index >= 15 is 0 Å². The number of halogens is 1. The maximum Gasteiger partial charge on any atom is 0.277 e. The van der Waals surface area contributed by atoms with E-state index in [0.717, 1.165) is 16.7 Å². The Hall–Kier alpha value is -3.09. The molecular formula is C24H22ClN3O3. The smallest absolute Gasteiger partial charge is 0.277 e. The van der Waals surface area contributed by atoms with Crippen LogP contribution in [0.5, 0.6) is 0 Å². The lowest BCUT2D eigenvalue weighted by atomic mass is 9.94. The fraction of sp³-hybridized carbons (Fsp3) is 0.250. The van der Waals surface area contributed by atoms with Crippen LogP contribution >= 0.6 is 11.6 Å². The SMILES string of the molecule is CN1Cc2ccc(Cl)cc2-c2c(C(=O)N3CCOCC3)cc(-c3ccccc3)c(=O)n21. The average molecular weight is 436 g/mol. The van der Waals surface area contributed by atoms with Crippen LogP contribution in [0.4, 0.5) is 0 Å². The molecule has 0 unspecified atom stereocenters. The van der Waals surface area contributed by atoms with Crippen molar-refractivity contribution in [3.63, 3.8) is 0 Å². The standard InChI is InChI=1S/C24H22ClN3O3/c1-26-15-17-7-8-18(25)13-19(17)22-21(23(29)27-9-11-31-12-10-27)14-20(24(30)28(22)26)16-5-3-2-4-6-16/h2-8,13-14H,9-12,15H2,1H3. The number of benzene rings is 2. The predicted molar refractivity (Wildman–Crippen MR) is 121 cm³/mol. The molecule has 0 saturated carbocycles. The van der Waals surface area contributed by atoms with Gasteiger partial charge in [-0.1, -0.05) is 48.0 Å². The van der Waals surface area contributed by atoms with E-state index < -0.39 is 0 Å². The Bertz CT molecular complexity index is 1220. The van der Waals surface area contributed by atoms with Gasteiger partial charge in [-0.15, -0.1) is 0 Å². The van der Waals surface area contributed by atoms with Gasteiger partial charge in [-0.25, -0.2) is 4.68 Å². The second-order valence-corrected chi connectivity index (χ2v) is 8.26. The van der Waals surface area contributed by atoms with Gasteiger partial charge in [0.15, 0.2) is 0 Å². The number of hydrogen-bond donors (Lipinski definition) is 0.